The highest BCUT2D eigenvalue weighted by Gasteiger charge is 2.36. The molecule has 0 aliphatic rings. The molecule has 2 aromatic carbocycles. The molecule has 2 aromatic rings. The second kappa shape index (κ2) is 12.1. The van der Waals surface area contributed by atoms with E-state index >= 15 is 0 Å². The van der Waals surface area contributed by atoms with E-state index in [1.165, 1.54) is 19.1 Å². The lowest BCUT2D eigenvalue weighted by atomic mass is 10.1. The number of anilines is 1. The number of amides is 2. The lowest BCUT2D eigenvalue weighted by Gasteiger charge is -2.32. The summed E-state index contributed by atoms with van der Waals surface area (Å²) in [4.78, 5) is 27.3. The van der Waals surface area contributed by atoms with Crippen molar-refractivity contribution in [1.82, 2.24) is 10.2 Å². The van der Waals surface area contributed by atoms with Crippen LogP contribution < -0.4 is 9.62 Å². The predicted octanol–water partition coefficient (Wildman–Crippen LogP) is 5.37. The molecule has 0 heterocycles. The summed E-state index contributed by atoms with van der Waals surface area (Å²) in [5.74, 6) is -1.42. The third kappa shape index (κ3) is 8.13. The van der Waals surface area contributed by atoms with Gasteiger partial charge in [0.05, 0.1) is 22.5 Å². The zero-order valence-electron chi connectivity index (χ0n) is 20.2. The van der Waals surface area contributed by atoms with Gasteiger partial charge in [-0.2, -0.15) is 13.2 Å². The van der Waals surface area contributed by atoms with E-state index in [1.807, 2.05) is 0 Å². The Balaban J connectivity index is 2.54. The van der Waals surface area contributed by atoms with E-state index in [4.69, 9.17) is 34.8 Å². The fourth-order valence-electron chi connectivity index (χ4n) is 3.34. The number of rotatable bonds is 9. The summed E-state index contributed by atoms with van der Waals surface area (Å²) in [6.07, 6.45) is -4.12. The Kier molecular flexibility index (Phi) is 10.1. The molecule has 0 bridgehead atoms. The van der Waals surface area contributed by atoms with Crippen LogP contribution in [0.3, 0.4) is 0 Å². The Bertz CT molecular complexity index is 1250. The molecule has 0 aromatic heterocycles. The van der Waals surface area contributed by atoms with Crippen molar-refractivity contribution in [3.05, 3.63) is 62.6 Å². The van der Waals surface area contributed by atoms with E-state index < -0.39 is 56.9 Å². The summed E-state index contributed by atoms with van der Waals surface area (Å²) < 4.78 is 65.8. The molecular formula is C23H25Cl3F3N3O4S. The first-order valence-electron chi connectivity index (χ1n) is 10.8. The van der Waals surface area contributed by atoms with Crippen molar-refractivity contribution in [2.75, 3.05) is 17.1 Å². The fraction of sp³-hybridized carbons (Fsp3) is 0.391. The van der Waals surface area contributed by atoms with Crippen LogP contribution in [0, 0.1) is 0 Å². The monoisotopic (exact) mass is 601 g/mol. The van der Waals surface area contributed by atoms with Gasteiger partial charge >= 0.3 is 6.18 Å². The smallest absolute Gasteiger partial charge is 0.352 e. The first-order valence-corrected chi connectivity index (χ1v) is 13.8. The molecule has 1 N–H and O–H groups in total. The van der Waals surface area contributed by atoms with Gasteiger partial charge in [0.25, 0.3) is 0 Å². The number of nitrogens with zero attached hydrogens (tertiary/aromatic N) is 2. The second-order valence-electron chi connectivity index (χ2n) is 8.49. The minimum absolute atomic E-state index is 0.203. The van der Waals surface area contributed by atoms with Crippen molar-refractivity contribution in [3.8, 4) is 0 Å². The van der Waals surface area contributed by atoms with Crippen LogP contribution in [0.4, 0.5) is 18.9 Å². The number of sulfonamides is 1. The molecule has 0 saturated heterocycles. The highest BCUT2D eigenvalue weighted by molar-refractivity contribution is 7.92. The van der Waals surface area contributed by atoms with E-state index in [-0.39, 0.29) is 22.6 Å². The van der Waals surface area contributed by atoms with E-state index in [9.17, 15) is 31.2 Å². The first kappa shape index (κ1) is 31.0. The van der Waals surface area contributed by atoms with E-state index in [2.05, 4.69) is 5.32 Å². The molecule has 2 amide bonds. The van der Waals surface area contributed by atoms with Gasteiger partial charge in [-0.25, -0.2) is 8.42 Å². The second-order valence-corrected chi connectivity index (χ2v) is 11.6. The molecule has 0 unspecified atom stereocenters. The summed E-state index contributed by atoms with van der Waals surface area (Å²) >= 11 is 18.2. The average Bonchev–Trinajstić information content (AvgIpc) is 2.75. The molecule has 0 aliphatic carbocycles. The summed E-state index contributed by atoms with van der Waals surface area (Å²) in [6, 6.07) is 5.75. The first-order chi connectivity index (χ1) is 16.9. The molecule has 0 spiro atoms. The maximum atomic E-state index is 13.5. The fourth-order valence-corrected chi connectivity index (χ4v) is 4.92. The molecule has 1 atom stereocenters. The van der Waals surface area contributed by atoms with Gasteiger partial charge in [-0.15, -0.1) is 0 Å². The minimum atomic E-state index is -4.86. The highest BCUT2D eigenvalue weighted by atomic mass is 35.5. The van der Waals surface area contributed by atoms with Gasteiger partial charge in [-0.05, 0) is 51.1 Å². The molecule has 2 rings (SSSR count). The molecule has 0 radical (unpaired) electrons. The Labute approximate surface area is 228 Å². The molecule has 204 valence electrons. The van der Waals surface area contributed by atoms with Gasteiger partial charge in [0.2, 0.25) is 21.8 Å². The molecule has 14 heteroatoms. The zero-order valence-corrected chi connectivity index (χ0v) is 23.3. The number of nitrogens with one attached hydrogen (secondary N) is 1. The van der Waals surface area contributed by atoms with Gasteiger partial charge in [-0.1, -0.05) is 40.9 Å². The Morgan fingerprint density at radius 1 is 1.00 bits per heavy atom. The Morgan fingerprint density at radius 3 is 2.05 bits per heavy atom. The van der Waals surface area contributed by atoms with Crippen LogP contribution in [0.25, 0.3) is 0 Å². The average molecular weight is 603 g/mol. The highest BCUT2D eigenvalue weighted by Crippen LogP contribution is 2.37. The van der Waals surface area contributed by atoms with Crippen LogP contribution in [0.5, 0.6) is 0 Å². The van der Waals surface area contributed by atoms with Gasteiger partial charge in [0.1, 0.15) is 12.6 Å². The number of hydrogen-bond donors (Lipinski definition) is 1. The van der Waals surface area contributed by atoms with Crippen LogP contribution in [0.2, 0.25) is 15.1 Å². The van der Waals surface area contributed by atoms with E-state index in [1.54, 1.807) is 19.9 Å². The van der Waals surface area contributed by atoms with Crippen molar-refractivity contribution in [3.63, 3.8) is 0 Å². The molecule has 37 heavy (non-hydrogen) atoms. The van der Waals surface area contributed by atoms with Crippen molar-refractivity contribution >= 4 is 62.3 Å². The molecule has 0 fully saturated rings. The number of carbonyl (C=O) groups is 2. The zero-order chi connectivity index (χ0) is 28.3. The molecule has 0 saturated carbocycles. The number of benzene rings is 2. The minimum Gasteiger partial charge on any atom is -0.352 e. The lowest BCUT2D eigenvalue weighted by molar-refractivity contribution is -0.139. The maximum absolute atomic E-state index is 13.5. The quantitative estimate of drug-likeness (QED) is 0.418. The van der Waals surface area contributed by atoms with E-state index in [0.29, 0.717) is 15.9 Å². The number of hydrogen-bond acceptors (Lipinski definition) is 4. The lowest BCUT2D eigenvalue weighted by Crippen LogP contribution is -2.52. The summed E-state index contributed by atoms with van der Waals surface area (Å²) in [6.45, 7) is 3.68. The summed E-state index contributed by atoms with van der Waals surface area (Å²) in [7, 11) is -4.25. The van der Waals surface area contributed by atoms with Gasteiger partial charge < -0.3 is 10.2 Å². The van der Waals surface area contributed by atoms with Gasteiger partial charge in [0.15, 0.2) is 0 Å². The normalized spacial score (nSPS) is 12.8. The van der Waals surface area contributed by atoms with Crippen molar-refractivity contribution in [2.45, 2.75) is 45.6 Å². The number of alkyl halides is 3. The van der Waals surface area contributed by atoms with Crippen LogP contribution >= 0.6 is 34.8 Å². The van der Waals surface area contributed by atoms with Gasteiger partial charge in [0, 0.05) is 28.2 Å². The van der Waals surface area contributed by atoms with E-state index in [0.717, 1.165) is 23.3 Å². The van der Waals surface area contributed by atoms with Crippen molar-refractivity contribution < 1.29 is 31.2 Å². The Hall–Kier alpha value is -2.21. The topological polar surface area (TPSA) is 86.8 Å². The number of halogens is 6. The Morgan fingerprint density at radius 2 is 1.57 bits per heavy atom. The third-order valence-corrected chi connectivity index (χ3v) is 7.39. The molecule has 7 nitrogen and oxygen atoms in total. The van der Waals surface area contributed by atoms with Crippen LogP contribution in [-0.2, 0) is 32.3 Å². The predicted molar refractivity (Wildman–Crippen MR) is 138 cm³/mol. The van der Waals surface area contributed by atoms with Crippen molar-refractivity contribution in [2.24, 2.45) is 0 Å². The standard InChI is InChI=1S/C23H25Cl3F3N3O4S/c1-13(2)30-22(34)14(3)31(11-16-18(24)6-5-7-19(16)25)21(33)12-32(37(4,35)36)15-8-9-20(26)17(10-15)23(27,28)29/h5-10,13-14H,11-12H2,1-4H3,(H,30,34)/t14-/m1/s1. The van der Waals surface area contributed by atoms with Crippen molar-refractivity contribution in [1.29, 1.82) is 0 Å². The SMILES string of the molecule is CC(C)NC(=O)[C@@H](C)N(Cc1c(Cl)cccc1Cl)C(=O)CN(c1ccc(Cl)c(C(F)(F)F)c1)S(C)(=O)=O. The van der Waals surface area contributed by atoms with Gasteiger partial charge in [-0.3, -0.25) is 13.9 Å². The third-order valence-electron chi connectivity index (χ3n) is 5.21. The molecular weight excluding hydrogens is 578 g/mol. The molecule has 0 aliphatic heterocycles. The largest absolute Gasteiger partial charge is 0.417 e. The van der Waals surface area contributed by atoms with Crippen LogP contribution in [0.15, 0.2) is 36.4 Å². The summed E-state index contributed by atoms with van der Waals surface area (Å²) in [5.41, 5.74) is -1.39. The van der Waals surface area contributed by atoms with Crippen LogP contribution in [0.1, 0.15) is 31.9 Å². The van der Waals surface area contributed by atoms with Crippen LogP contribution in [-0.4, -0.2) is 50.0 Å². The summed E-state index contributed by atoms with van der Waals surface area (Å²) in [5, 5.41) is 2.44. The number of carbonyl (C=O) groups excluding carboxylic acids is 2. The maximum Gasteiger partial charge on any atom is 0.417 e.